The van der Waals surface area contributed by atoms with Crippen molar-refractivity contribution < 1.29 is 27.8 Å². The number of ether oxygens (including phenoxy) is 1. The molecule has 0 aliphatic carbocycles. The summed E-state index contributed by atoms with van der Waals surface area (Å²) in [5.74, 6) is -0.312. The Kier molecular flexibility index (Phi) is 5.20. The fourth-order valence-electron chi connectivity index (χ4n) is 3.32. The molecule has 0 spiro atoms. The van der Waals surface area contributed by atoms with Crippen molar-refractivity contribution in [1.29, 1.82) is 0 Å². The number of aryl methyl sites for hydroxylation is 2. The number of fused-ring (bicyclic) bond motifs is 1. The molecule has 3 rings (SSSR count). The average Bonchev–Trinajstić information content (AvgIpc) is 3.14. The van der Waals surface area contributed by atoms with Crippen LogP contribution >= 0.6 is 0 Å². The summed E-state index contributed by atoms with van der Waals surface area (Å²) in [5, 5.41) is 14.2. The molecule has 152 valence electrons. The van der Waals surface area contributed by atoms with Crippen LogP contribution in [0.1, 0.15) is 35.9 Å². The van der Waals surface area contributed by atoms with E-state index >= 15 is 0 Å². The highest BCUT2D eigenvalue weighted by atomic mass is 19.4. The van der Waals surface area contributed by atoms with Crippen LogP contribution < -0.4 is 0 Å². The number of alkyl halides is 3. The highest BCUT2D eigenvalue weighted by Crippen LogP contribution is 2.41. The second-order valence-electron chi connectivity index (χ2n) is 6.62. The normalized spacial score (nSPS) is 20.1. The maximum atomic E-state index is 13.6. The van der Waals surface area contributed by atoms with Crippen molar-refractivity contribution >= 4 is 22.7 Å². The molecule has 1 aliphatic rings. The molecule has 1 aromatic carbocycles. The minimum Gasteiger partial charge on any atom is -0.384 e. The molecule has 1 aliphatic heterocycles. The van der Waals surface area contributed by atoms with Crippen LogP contribution in [0, 0.1) is 6.92 Å². The first-order chi connectivity index (χ1) is 13.1. The van der Waals surface area contributed by atoms with Crippen molar-refractivity contribution in [3.8, 4) is 0 Å². The number of hydrogen-bond acceptors (Lipinski definition) is 5. The number of carbonyl (C=O) groups excluding carboxylic acids is 1. The lowest BCUT2D eigenvalue weighted by Crippen LogP contribution is -2.56. The number of amides is 1. The first kappa shape index (κ1) is 20.3. The van der Waals surface area contributed by atoms with Crippen molar-refractivity contribution in [2.75, 3.05) is 13.7 Å². The van der Waals surface area contributed by atoms with Gasteiger partial charge < -0.3 is 14.4 Å². The number of aliphatic hydroxyl groups is 1. The Morgan fingerprint density at radius 1 is 1.39 bits per heavy atom. The number of imidazole rings is 1. The Morgan fingerprint density at radius 3 is 2.71 bits per heavy atom. The van der Waals surface area contributed by atoms with Crippen molar-refractivity contribution in [1.82, 2.24) is 14.6 Å². The summed E-state index contributed by atoms with van der Waals surface area (Å²) in [4.78, 5) is 17.2. The van der Waals surface area contributed by atoms with Crippen LogP contribution in [0.5, 0.6) is 0 Å². The quantitative estimate of drug-likeness (QED) is 0.840. The number of methoxy groups -OCH3 is 1. The number of benzene rings is 1. The minimum absolute atomic E-state index is 0.0346. The molecule has 28 heavy (non-hydrogen) atoms. The van der Waals surface area contributed by atoms with Gasteiger partial charge in [-0.2, -0.15) is 23.3 Å². The van der Waals surface area contributed by atoms with E-state index in [-0.39, 0.29) is 29.3 Å². The number of rotatable bonds is 5. The zero-order chi connectivity index (χ0) is 20.7. The van der Waals surface area contributed by atoms with Crippen LogP contribution in [0.25, 0.3) is 11.0 Å². The molecule has 1 amide bonds. The van der Waals surface area contributed by atoms with E-state index in [0.29, 0.717) is 12.1 Å². The van der Waals surface area contributed by atoms with E-state index in [2.05, 4.69) is 10.1 Å². The van der Waals surface area contributed by atoms with Gasteiger partial charge in [0.1, 0.15) is 5.82 Å². The predicted molar refractivity (Wildman–Crippen MR) is 95.9 cm³/mol. The van der Waals surface area contributed by atoms with Gasteiger partial charge in [0.2, 0.25) is 0 Å². The van der Waals surface area contributed by atoms with Crippen LogP contribution in [0.4, 0.5) is 13.2 Å². The summed E-state index contributed by atoms with van der Waals surface area (Å²) < 4.78 is 47.4. The predicted octanol–water partition coefficient (Wildman–Crippen LogP) is 2.85. The Morgan fingerprint density at radius 2 is 2.11 bits per heavy atom. The number of carbonyl (C=O) groups is 1. The van der Waals surface area contributed by atoms with E-state index in [1.54, 1.807) is 13.0 Å². The molecule has 10 heteroatoms. The van der Waals surface area contributed by atoms with Gasteiger partial charge in [0.05, 0.1) is 17.6 Å². The molecule has 7 nitrogen and oxygen atoms in total. The summed E-state index contributed by atoms with van der Waals surface area (Å²) in [6.45, 7) is 4.55. The van der Waals surface area contributed by atoms with E-state index in [9.17, 15) is 23.1 Å². The monoisotopic (exact) mass is 398 g/mol. The van der Waals surface area contributed by atoms with Crippen molar-refractivity contribution in [2.45, 2.75) is 45.1 Å². The third kappa shape index (κ3) is 3.26. The number of hydrogen-bond donors (Lipinski definition) is 1. The molecular formula is C18H21F3N4O3. The second-order valence-corrected chi connectivity index (χ2v) is 6.62. The molecule has 0 saturated carbocycles. The van der Waals surface area contributed by atoms with Crippen LogP contribution in [-0.2, 0) is 11.3 Å². The topological polar surface area (TPSA) is 80.0 Å². The molecule has 1 N–H and O–H groups in total. The summed E-state index contributed by atoms with van der Waals surface area (Å²) >= 11 is 0. The standard InChI is InChI=1S/C18H21F3N4O3/c1-4-24-11(2)22-14-9-12(5-6-15(14)24)16(26)25-17(27,18(19,20)21)10-13(23-25)7-8-28-3/h5-6,9,27H,4,7-8,10H2,1-3H3/t17-/m1/s1. The maximum absolute atomic E-state index is 13.6. The van der Waals surface area contributed by atoms with Crippen molar-refractivity contribution in [2.24, 2.45) is 5.10 Å². The van der Waals surface area contributed by atoms with Gasteiger partial charge in [-0.25, -0.2) is 4.98 Å². The minimum atomic E-state index is -5.06. The van der Waals surface area contributed by atoms with Crippen LogP contribution in [0.2, 0.25) is 0 Å². The molecular weight excluding hydrogens is 377 g/mol. The van der Waals surface area contributed by atoms with E-state index in [4.69, 9.17) is 4.74 Å². The number of aromatic nitrogens is 2. The van der Waals surface area contributed by atoms with E-state index in [1.807, 2.05) is 11.5 Å². The van der Waals surface area contributed by atoms with Gasteiger partial charge >= 0.3 is 6.18 Å². The Balaban J connectivity index is 2.00. The van der Waals surface area contributed by atoms with Gasteiger partial charge in [0.15, 0.2) is 0 Å². The average molecular weight is 398 g/mol. The van der Waals surface area contributed by atoms with E-state index in [1.165, 1.54) is 19.2 Å². The zero-order valence-corrected chi connectivity index (χ0v) is 15.7. The highest BCUT2D eigenvalue weighted by molar-refractivity contribution is 6.00. The van der Waals surface area contributed by atoms with Crippen molar-refractivity contribution in [3.63, 3.8) is 0 Å². The smallest absolute Gasteiger partial charge is 0.384 e. The van der Waals surface area contributed by atoms with Crippen LogP contribution in [0.15, 0.2) is 23.3 Å². The molecule has 0 radical (unpaired) electrons. The summed E-state index contributed by atoms with van der Waals surface area (Å²) in [6, 6.07) is 4.46. The fourth-order valence-corrected chi connectivity index (χ4v) is 3.32. The van der Waals surface area contributed by atoms with Gasteiger partial charge in [-0.1, -0.05) is 0 Å². The van der Waals surface area contributed by atoms with Gasteiger partial charge in [0, 0.05) is 37.8 Å². The van der Waals surface area contributed by atoms with E-state index < -0.39 is 24.2 Å². The summed E-state index contributed by atoms with van der Waals surface area (Å²) in [6.07, 6.45) is -5.79. The summed E-state index contributed by atoms with van der Waals surface area (Å²) in [7, 11) is 1.40. The number of hydrazone groups is 1. The van der Waals surface area contributed by atoms with Gasteiger partial charge in [0.25, 0.3) is 11.6 Å². The SMILES string of the molecule is CCn1c(C)nc2cc(C(=O)N3N=C(CCOC)C[C@@]3(O)C(F)(F)F)ccc21. The van der Waals surface area contributed by atoms with Crippen LogP contribution in [-0.4, -0.2) is 56.9 Å². The van der Waals surface area contributed by atoms with E-state index in [0.717, 1.165) is 11.3 Å². The second kappa shape index (κ2) is 7.17. The molecule has 1 aromatic heterocycles. The molecule has 0 saturated heterocycles. The van der Waals surface area contributed by atoms with Gasteiger partial charge in [-0.3, -0.25) is 4.79 Å². The lowest BCUT2D eigenvalue weighted by atomic mass is 10.0. The molecule has 2 heterocycles. The first-order valence-electron chi connectivity index (χ1n) is 8.78. The number of nitrogens with zero attached hydrogens (tertiary/aromatic N) is 4. The van der Waals surface area contributed by atoms with Gasteiger partial charge in [-0.05, 0) is 32.0 Å². The fraction of sp³-hybridized carbons (Fsp3) is 0.500. The van der Waals surface area contributed by atoms with Crippen molar-refractivity contribution in [3.05, 3.63) is 29.6 Å². The molecule has 0 unspecified atom stereocenters. The number of halogens is 3. The van der Waals surface area contributed by atoms with Gasteiger partial charge in [-0.15, -0.1) is 0 Å². The lowest BCUT2D eigenvalue weighted by Gasteiger charge is -2.32. The Labute approximate surface area is 159 Å². The molecule has 0 bridgehead atoms. The third-order valence-corrected chi connectivity index (χ3v) is 4.79. The zero-order valence-electron chi connectivity index (χ0n) is 15.7. The first-order valence-corrected chi connectivity index (χ1v) is 8.78. The highest BCUT2D eigenvalue weighted by Gasteiger charge is 2.63. The Bertz CT molecular complexity index is 938. The maximum Gasteiger partial charge on any atom is 0.438 e. The summed E-state index contributed by atoms with van der Waals surface area (Å²) in [5.41, 5.74) is -2.12. The molecule has 2 aromatic rings. The van der Waals surface area contributed by atoms with Crippen LogP contribution in [0.3, 0.4) is 0 Å². The third-order valence-electron chi connectivity index (χ3n) is 4.79. The molecule has 1 atom stereocenters. The lowest BCUT2D eigenvalue weighted by molar-refractivity contribution is -0.297. The largest absolute Gasteiger partial charge is 0.438 e. The molecule has 0 fully saturated rings. The Hall–Kier alpha value is -2.46.